The zero-order chi connectivity index (χ0) is 25.9. The lowest BCUT2D eigenvalue weighted by Crippen LogP contribution is -2.26. The number of anilines is 2. The number of hydrogen-bond donors (Lipinski definition) is 2. The average Bonchev–Trinajstić information content (AvgIpc) is 3.00. The number of carbonyl (C=O) groups excluding carboxylic acids is 1. The number of aryl methyl sites for hydroxylation is 1. The number of nitrogens with zero attached hydrogens (tertiary/aromatic N) is 3. The van der Waals surface area contributed by atoms with Gasteiger partial charge in [0.25, 0.3) is 0 Å². The molecule has 196 valence electrons. The van der Waals surface area contributed by atoms with Crippen LogP contribution < -0.4 is 15.4 Å². The maximum Gasteiger partial charge on any atom is 0.160 e. The molecular formula is C25H34FN5O4S. The second kappa shape index (κ2) is 14.1. The molecule has 0 atom stereocenters. The Morgan fingerprint density at radius 1 is 1.25 bits per heavy atom. The van der Waals surface area contributed by atoms with Gasteiger partial charge in [-0.3, -0.25) is 4.79 Å². The van der Waals surface area contributed by atoms with Crippen LogP contribution in [0.4, 0.5) is 15.9 Å². The molecule has 1 aliphatic rings. The molecule has 0 unspecified atom stereocenters. The van der Waals surface area contributed by atoms with Crippen molar-refractivity contribution in [1.82, 2.24) is 20.2 Å². The number of nitrogens with one attached hydrogen (secondary N) is 2. The van der Waals surface area contributed by atoms with Crippen molar-refractivity contribution in [2.24, 2.45) is 0 Å². The van der Waals surface area contributed by atoms with Crippen molar-refractivity contribution in [2.75, 3.05) is 66.0 Å². The molecule has 1 aliphatic heterocycles. The first-order chi connectivity index (χ1) is 17.4. The third-order valence-corrected chi connectivity index (χ3v) is 6.50. The van der Waals surface area contributed by atoms with E-state index < -0.39 is 5.82 Å². The summed E-state index contributed by atoms with van der Waals surface area (Å²) in [5.74, 6) is 0.435. The van der Waals surface area contributed by atoms with Crippen molar-refractivity contribution in [3.63, 3.8) is 0 Å². The minimum atomic E-state index is -0.418. The lowest BCUT2D eigenvalue weighted by Gasteiger charge is -2.19. The summed E-state index contributed by atoms with van der Waals surface area (Å²) in [5, 5.41) is 7.04. The summed E-state index contributed by atoms with van der Waals surface area (Å²) >= 11 is 1.30. The van der Waals surface area contributed by atoms with E-state index >= 15 is 0 Å². The first kappa shape index (κ1) is 27.9. The Balaban J connectivity index is 0.000000392. The molecule has 1 saturated heterocycles. The predicted octanol–water partition coefficient (Wildman–Crippen LogP) is 3.65. The molecule has 3 heterocycles. The molecule has 0 bridgehead atoms. The summed E-state index contributed by atoms with van der Waals surface area (Å²) in [6, 6.07) is 4.23. The highest BCUT2D eigenvalue weighted by Gasteiger charge is 2.19. The zero-order valence-electron chi connectivity index (χ0n) is 21.2. The van der Waals surface area contributed by atoms with E-state index in [4.69, 9.17) is 14.2 Å². The summed E-state index contributed by atoms with van der Waals surface area (Å²) in [7, 11) is 6.17. The van der Waals surface area contributed by atoms with Crippen LogP contribution in [0.1, 0.15) is 21.7 Å². The predicted molar refractivity (Wildman–Crippen MR) is 140 cm³/mol. The molecule has 1 aromatic carbocycles. The lowest BCUT2D eigenvalue weighted by molar-refractivity contribution is 0.0601. The molecule has 3 aromatic rings. The van der Waals surface area contributed by atoms with Gasteiger partial charge in [0.1, 0.15) is 34.6 Å². The van der Waals surface area contributed by atoms with Gasteiger partial charge in [0.15, 0.2) is 6.29 Å². The first-order valence-corrected chi connectivity index (χ1v) is 12.6. The number of fused-ring (bicyclic) bond motifs is 1. The van der Waals surface area contributed by atoms with Gasteiger partial charge in [0.05, 0.1) is 42.4 Å². The van der Waals surface area contributed by atoms with Gasteiger partial charge >= 0.3 is 0 Å². The van der Waals surface area contributed by atoms with Crippen LogP contribution in [0.5, 0.6) is 5.75 Å². The minimum absolute atomic E-state index is 0.328. The molecule has 2 aromatic heterocycles. The minimum Gasteiger partial charge on any atom is -0.483 e. The first-order valence-electron chi connectivity index (χ1n) is 11.8. The molecule has 0 amide bonds. The number of benzene rings is 1. The number of halogens is 1. The van der Waals surface area contributed by atoms with E-state index in [2.05, 4.69) is 39.6 Å². The molecule has 0 aliphatic carbocycles. The van der Waals surface area contributed by atoms with E-state index in [0.717, 1.165) is 23.8 Å². The number of aromatic nitrogens is 2. The number of rotatable bonds is 9. The molecule has 4 rings (SSSR count). The van der Waals surface area contributed by atoms with Crippen molar-refractivity contribution in [2.45, 2.75) is 19.4 Å². The molecule has 2 N–H and O–H groups in total. The van der Waals surface area contributed by atoms with Crippen LogP contribution in [0.25, 0.3) is 10.2 Å². The fraction of sp³-hybridized carbons (Fsp3) is 0.480. The smallest absolute Gasteiger partial charge is 0.160 e. The van der Waals surface area contributed by atoms with Gasteiger partial charge in [-0.15, -0.1) is 11.3 Å². The number of ether oxygens (including phenoxy) is 3. The molecule has 11 heteroatoms. The van der Waals surface area contributed by atoms with Gasteiger partial charge in [0, 0.05) is 6.07 Å². The summed E-state index contributed by atoms with van der Waals surface area (Å²) < 4.78 is 30.7. The van der Waals surface area contributed by atoms with Crippen molar-refractivity contribution < 1.29 is 23.4 Å². The second-order valence-corrected chi connectivity index (χ2v) is 9.56. The van der Waals surface area contributed by atoms with Crippen LogP contribution >= 0.6 is 11.3 Å². The van der Waals surface area contributed by atoms with E-state index in [1.807, 2.05) is 14.0 Å². The van der Waals surface area contributed by atoms with E-state index in [1.165, 1.54) is 42.8 Å². The van der Waals surface area contributed by atoms with E-state index in [9.17, 15) is 9.18 Å². The molecule has 36 heavy (non-hydrogen) atoms. The summed E-state index contributed by atoms with van der Waals surface area (Å²) in [4.78, 5) is 23.3. The average molecular weight is 520 g/mol. The summed E-state index contributed by atoms with van der Waals surface area (Å²) in [6.07, 6.45) is 3.12. The number of thiophene rings is 1. The van der Waals surface area contributed by atoms with Gasteiger partial charge < -0.3 is 29.7 Å². The van der Waals surface area contributed by atoms with Crippen LogP contribution in [0.15, 0.2) is 24.5 Å². The molecule has 0 spiro atoms. The molecule has 0 saturated carbocycles. The van der Waals surface area contributed by atoms with Crippen molar-refractivity contribution >= 4 is 39.3 Å². The van der Waals surface area contributed by atoms with E-state index in [-0.39, 0.29) is 6.10 Å². The number of carbonyl (C=O) groups is 1. The fourth-order valence-corrected chi connectivity index (χ4v) is 4.50. The van der Waals surface area contributed by atoms with Crippen LogP contribution in [0.3, 0.4) is 0 Å². The second-order valence-electron chi connectivity index (χ2n) is 8.53. The molecule has 1 fully saturated rings. The monoisotopic (exact) mass is 519 g/mol. The Labute approximate surface area is 215 Å². The van der Waals surface area contributed by atoms with Crippen molar-refractivity contribution in [3.05, 3.63) is 40.8 Å². The fourth-order valence-electron chi connectivity index (χ4n) is 3.54. The van der Waals surface area contributed by atoms with Gasteiger partial charge in [-0.1, -0.05) is 0 Å². The Morgan fingerprint density at radius 2 is 2.00 bits per heavy atom. The third kappa shape index (κ3) is 7.90. The zero-order valence-corrected chi connectivity index (χ0v) is 22.0. The third-order valence-electron chi connectivity index (χ3n) is 5.37. The van der Waals surface area contributed by atoms with E-state index in [0.29, 0.717) is 53.4 Å². The summed E-state index contributed by atoms with van der Waals surface area (Å²) in [6.45, 7) is 5.88. The Morgan fingerprint density at radius 3 is 2.67 bits per heavy atom. The maximum atomic E-state index is 13.9. The lowest BCUT2D eigenvalue weighted by atomic mass is 10.2. The van der Waals surface area contributed by atoms with Gasteiger partial charge in [-0.25, -0.2) is 14.4 Å². The normalized spacial score (nSPS) is 14.3. The van der Waals surface area contributed by atoms with Gasteiger partial charge in [0.2, 0.25) is 0 Å². The molecule has 9 nitrogen and oxygen atoms in total. The Kier molecular flexibility index (Phi) is 11.0. The van der Waals surface area contributed by atoms with Crippen LogP contribution in [0.2, 0.25) is 0 Å². The van der Waals surface area contributed by atoms with Crippen molar-refractivity contribution in [3.8, 4) is 5.75 Å². The van der Waals surface area contributed by atoms with Crippen LogP contribution in [-0.2, 0) is 9.47 Å². The van der Waals surface area contributed by atoms with Gasteiger partial charge in [-0.05, 0) is 65.3 Å². The highest BCUT2D eigenvalue weighted by molar-refractivity contribution is 7.20. The van der Waals surface area contributed by atoms with Crippen LogP contribution in [0, 0.1) is 12.7 Å². The number of aldehydes is 1. The maximum absolute atomic E-state index is 13.9. The number of hydrogen-bond acceptors (Lipinski definition) is 10. The Bertz CT molecular complexity index is 1120. The highest BCUT2D eigenvalue weighted by Crippen LogP contribution is 2.36. The Hall–Kier alpha value is -2.70. The van der Waals surface area contributed by atoms with Gasteiger partial charge in [-0.2, -0.15) is 0 Å². The van der Waals surface area contributed by atoms with Crippen LogP contribution in [-0.4, -0.2) is 87.9 Å². The van der Waals surface area contributed by atoms with E-state index in [1.54, 1.807) is 6.07 Å². The molecular weight excluding hydrogens is 485 g/mol. The highest BCUT2D eigenvalue weighted by atomic mass is 32.1. The van der Waals surface area contributed by atoms with Crippen molar-refractivity contribution in [1.29, 1.82) is 0 Å². The standard InChI is InChI=1S/C19H18FN3O4S.C6H16N2/c1-11-16(7-24)28-19-17(11)18(21-10-22-19)23-14-3-2-12(20)6-15(14)27-13-8-25-4-5-26-9-13;1-7-5-4-6-8(2)3/h2-3,6-7,10,13H,4-5,8-9H2,1H3,(H,21,22,23);7H,4-6H2,1-3H3. The topological polar surface area (TPSA) is 97.8 Å². The summed E-state index contributed by atoms with van der Waals surface area (Å²) in [5.41, 5.74) is 1.34. The SMILES string of the molecule is CNCCCN(C)C.Cc1c(C=O)sc2ncnc(Nc3ccc(F)cc3OC3COCCOC3)c12. The largest absolute Gasteiger partial charge is 0.483 e. The quantitative estimate of drug-likeness (QED) is 0.324. The molecule has 0 radical (unpaired) electrons.